The highest BCUT2D eigenvalue weighted by atomic mass is 79.9. The molecule has 0 aromatic heterocycles. The maximum Gasteiger partial charge on any atom is 0.175 e. The maximum atomic E-state index is 5.55. The van der Waals surface area contributed by atoms with Crippen LogP contribution >= 0.6 is 15.9 Å². The van der Waals surface area contributed by atoms with Crippen molar-refractivity contribution in [3.63, 3.8) is 0 Å². The Balaban J connectivity index is 2.55. The highest BCUT2D eigenvalue weighted by Crippen LogP contribution is 2.44. The number of nitrogens with one attached hydrogen (secondary N) is 1. The minimum Gasteiger partial charge on any atom is -0.492 e. The van der Waals surface area contributed by atoms with Gasteiger partial charge in [-0.2, -0.15) is 0 Å². The van der Waals surface area contributed by atoms with Crippen molar-refractivity contribution in [1.82, 2.24) is 5.32 Å². The Bertz CT molecular complexity index is 414. The van der Waals surface area contributed by atoms with Gasteiger partial charge in [-0.05, 0) is 53.9 Å². The molecule has 2 rings (SSSR count). The lowest BCUT2D eigenvalue weighted by molar-refractivity contribution is 0.346. The molecule has 0 spiro atoms. The second kappa shape index (κ2) is 5.27. The quantitative estimate of drug-likeness (QED) is 0.930. The van der Waals surface area contributed by atoms with Gasteiger partial charge in [-0.1, -0.05) is 0 Å². The van der Waals surface area contributed by atoms with Gasteiger partial charge >= 0.3 is 0 Å². The zero-order valence-corrected chi connectivity index (χ0v) is 12.1. The zero-order valence-electron chi connectivity index (χ0n) is 10.5. The van der Waals surface area contributed by atoms with Gasteiger partial charge in [0.15, 0.2) is 11.5 Å². The minimum absolute atomic E-state index is 0.381. The summed E-state index contributed by atoms with van der Waals surface area (Å²) in [5.41, 5.74) is 2.46. The molecule has 1 unspecified atom stereocenters. The van der Waals surface area contributed by atoms with Gasteiger partial charge in [-0.25, -0.2) is 0 Å². The van der Waals surface area contributed by atoms with Crippen LogP contribution in [0.15, 0.2) is 10.5 Å². The number of hydrogen-bond acceptors (Lipinski definition) is 3. The molecule has 1 aromatic rings. The van der Waals surface area contributed by atoms with Crippen LogP contribution in [0.2, 0.25) is 0 Å². The molecule has 1 N–H and O–H groups in total. The van der Waals surface area contributed by atoms with Crippen LogP contribution in [0.4, 0.5) is 0 Å². The zero-order chi connectivity index (χ0) is 12.4. The Labute approximate surface area is 111 Å². The maximum absolute atomic E-state index is 5.55. The molecular formula is C13H18BrNO2. The van der Waals surface area contributed by atoms with Crippen molar-refractivity contribution in [2.45, 2.75) is 25.8 Å². The van der Waals surface area contributed by atoms with Crippen LogP contribution in [0, 0.1) is 6.92 Å². The summed E-state index contributed by atoms with van der Waals surface area (Å²) in [5, 5.41) is 3.51. The number of halogens is 1. The van der Waals surface area contributed by atoms with E-state index in [4.69, 9.17) is 9.47 Å². The molecule has 0 amide bonds. The van der Waals surface area contributed by atoms with E-state index in [1.54, 1.807) is 14.2 Å². The molecule has 0 bridgehead atoms. The number of methoxy groups -OCH3 is 2. The van der Waals surface area contributed by atoms with Crippen molar-refractivity contribution < 1.29 is 9.47 Å². The SMILES string of the molecule is COc1c(Br)cc(C)c(C2CCCN2)c1OC. The number of ether oxygens (including phenoxy) is 2. The third kappa shape index (κ3) is 2.29. The third-order valence-electron chi connectivity index (χ3n) is 3.25. The molecule has 3 nitrogen and oxygen atoms in total. The van der Waals surface area contributed by atoms with E-state index in [0.717, 1.165) is 28.9 Å². The lowest BCUT2D eigenvalue weighted by Crippen LogP contribution is -2.15. The van der Waals surface area contributed by atoms with Gasteiger partial charge in [0, 0.05) is 11.6 Å². The molecule has 4 heteroatoms. The molecule has 1 aliphatic heterocycles. The molecule has 1 aromatic carbocycles. The van der Waals surface area contributed by atoms with Crippen molar-refractivity contribution in [2.24, 2.45) is 0 Å². The summed E-state index contributed by atoms with van der Waals surface area (Å²) in [6.07, 6.45) is 2.37. The van der Waals surface area contributed by atoms with E-state index >= 15 is 0 Å². The molecule has 1 atom stereocenters. The van der Waals surface area contributed by atoms with Crippen LogP contribution in [0.3, 0.4) is 0 Å². The summed E-state index contributed by atoms with van der Waals surface area (Å²) < 4.78 is 11.9. The van der Waals surface area contributed by atoms with Crippen LogP contribution in [0.1, 0.15) is 30.0 Å². The summed E-state index contributed by atoms with van der Waals surface area (Å²) in [4.78, 5) is 0. The Hall–Kier alpha value is -0.740. The first kappa shape index (κ1) is 12.7. The Morgan fingerprint density at radius 2 is 2.00 bits per heavy atom. The summed E-state index contributed by atoms with van der Waals surface area (Å²) in [6.45, 7) is 3.19. The number of benzene rings is 1. The molecule has 1 saturated heterocycles. The van der Waals surface area contributed by atoms with Crippen LogP contribution in [0.5, 0.6) is 11.5 Å². The van der Waals surface area contributed by atoms with Crippen LogP contribution in [0.25, 0.3) is 0 Å². The first-order valence-corrected chi connectivity index (χ1v) is 6.62. The summed E-state index contributed by atoms with van der Waals surface area (Å²) in [6, 6.07) is 2.48. The topological polar surface area (TPSA) is 30.5 Å². The van der Waals surface area contributed by atoms with E-state index in [1.807, 2.05) is 0 Å². The lowest BCUT2D eigenvalue weighted by Gasteiger charge is -2.21. The van der Waals surface area contributed by atoms with Crippen molar-refractivity contribution in [3.8, 4) is 11.5 Å². The number of aryl methyl sites for hydroxylation is 1. The van der Waals surface area contributed by atoms with Gasteiger partial charge < -0.3 is 14.8 Å². The van der Waals surface area contributed by atoms with Crippen molar-refractivity contribution >= 4 is 15.9 Å². The molecule has 17 heavy (non-hydrogen) atoms. The molecule has 0 saturated carbocycles. The Morgan fingerprint density at radius 3 is 2.53 bits per heavy atom. The fourth-order valence-electron chi connectivity index (χ4n) is 2.50. The largest absolute Gasteiger partial charge is 0.492 e. The van der Waals surface area contributed by atoms with Crippen LogP contribution < -0.4 is 14.8 Å². The van der Waals surface area contributed by atoms with E-state index in [0.29, 0.717) is 6.04 Å². The summed E-state index contributed by atoms with van der Waals surface area (Å²) in [5.74, 6) is 1.63. The van der Waals surface area contributed by atoms with Crippen LogP contribution in [-0.2, 0) is 0 Å². The molecule has 1 aliphatic rings. The minimum atomic E-state index is 0.381. The first-order valence-electron chi connectivity index (χ1n) is 5.83. The predicted octanol–water partition coefficient (Wildman–Crippen LogP) is 3.20. The van der Waals surface area contributed by atoms with Gasteiger partial charge in [0.1, 0.15) is 0 Å². The average Bonchev–Trinajstić information content (AvgIpc) is 2.81. The molecular weight excluding hydrogens is 282 g/mol. The van der Waals surface area contributed by atoms with Gasteiger partial charge in [0.25, 0.3) is 0 Å². The van der Waals surface area contributed by atoms with Crippen molar-refractivity contribution in [1.29, 1.82) is 0 Å². The molecule has 0 radical (unpaired) electrons. The number of hydrogen-bond donors (Lipinski definition) is 1. The van der Waals surface area contributed by atoms with Gasteiger partial charge in [0.2, 0.25) is 0 Å². The van der Waals surface area contributed by atoms with E-state index in [2.05, 4.69) is 34.2 Å². The van der Waals surface area contributed by atoms with Crippen molar-refractivity contribution in [2.75, 3.05) is 20.8 Å². The van der Waals surface area contributed by atoms with Gasteiger partial charge in [-0.15, -0.1) is 0 Å². The normalized spacial score (nSPS) is 19.4. The molecule has 94 valence electrons. The number of rotatable bonds is 3. The molecule has 1 heterocycles. The predicted molar refractivity (Wildman–Crippen MR) is 72.0 cm³/mol. The van der Waals surface area contributed by atoms with Gasteiger partial charge in [0.05, 0.1) is 18.7 Å². The lowest BCUT2D eigenvalue weighted by atomic mass is 9.98. The van der Waals surface area contributed by atoms with E-state index < -0.39 is 0 Å². The Kier molecular flexibility index (Phi) is 3.94. The molecule has 0 aliphatic carbocycles. The second-order valence-corrected chi connectivity index (χ2v) is 5.16. The smallest absolute Gasteiger partial charge is 0.175 e. The van der Waals surface area contributed by atoms with E-state index in [1.165, 1.54) is 17.5 Å². The first-order chi connectivity index (χ1) is 8.19. The van der Waals surface area contributed by atoms with E-state index in [-0.39, 0.29) is 0 Å². The standard InChI is InChI=1S/C13H18BrNO2/c1-8-7-9(14)12(16-2)13(17-3)11(8)10-5-4-6-15-10/h7,10,15H,4-6H2,1-3H3. The summed E-state index contributed by atoms with van der Waals surface area (Å²) in [7, 11) is 3.37. The third-order valence-corrected chi connectivity index (χ3v) is 3.84. The monoisotopic (exact) mass is 299 g/mol. The van der Waals surface area contributed by atoms with Gasteiger partial charge in [-0.3, -0.25) is 0 Å². The Morgan fingerprint density at radius 1 is 1.29 bits per heavy atom. The fourth-order valence-corrected chi connectivity index (χ4v) is 3.19. The second-order valence-electron chi connectivity index (χ2n) is 4.30. The average molecular weight is 300 g/mol. The fraction of sp³-hybridized carbons (Fsp3) is 0.538. The van der Waals surface area contributed by atoms with E-state index in [9.17, 15) is 0 Å². The van der Waals surface area contributed by atoms with Crippen LogP contribution in [-0.4, -0.2) is 20.8 Å². The van der Waals surface area contributed by atoms with Crippen molar-refractivity contribution in [3.05, 3.63) is 21.7 Å². The molecule has 1 fully saturated rings. The highest BCUT2D eigenvalue weighted by Gasteiger charge is 2.25. The summed E-state index contributed by atoms with van der Waals surface area (Å²) >= 11 is 3.52. The highest BCUT2D eigenvalue weighted by molar-refractivity contribution is 9.10.